The number of hydrogen-bond acceptors (Lipinski definition) is 5. The van der Waals surface area contributed by atoms with Crippen LogP contribution in [0, 0.1) is 6.92 Å². The van der Waals surface area contributed by atoms with Crippen molar-refractivity contribution in [1.29, 1.82) is 0 Å². The van der Waals surface area contributed by atoms with E-state index in [4.69, 9.17) is 5.84 Å². The van der Waals surface area contributed by atoms with Crippen molar-refractivity contribution in [2.45, 2.75) is 26.4 Å². The fourth-order valence-electron chi connectivity index (χ4n) is 1.65. The quantitative estimate of drug-likeness (QED) is 0.476. The minimum atomic E-state index is -0.214. The second-order valence-electron chi connectivity index (χ2n) is 4.39. The number of carbonyl (C=O) groups is 1. The monoisotopic (exact) mass is 287 g/mol. The van der Waals surface area contributed by atoms with Gasteiger partial charge in [0.2, 0.25) is 0 Å². The predicted molar refractivity (Wildman–Crippen MR) is 80.0 cm³/mol. The van der Waals surface area contributed by atoms with Crippen molar-refractivity contribution in [3.05, 3.63) is 21.4 Å². The summed E-state index contributed by atoms with van der Waals surface area (Å²) in [6.45, 7) is 5.12. The van der Waals surface area contributed by atoms with E-state index < -0.39 is 0 Å². The van der Waals surface area contributed by atoms with Gasteiger partial charge >= 0.3 is 0 Å². The molecule has 1 unspecified atom stereocenters. The zero-order valence-electron chi connectivity index (χ0n) is 11.3. The first-order valence-corrected chi connectivity index (χ1v) is 8.00. The first-order chi connectivity index (χ1) is 8.49. The molecule has 1 atom stereocenters. The Morgan fingerprint density at radius 3 is 2.89 bits per heavy atom. The van der Waals surface area contributed by atoms with E-state index in [0.717, 1.165) is 12.3 Å². The Morgan fingerprint density at radius 2 is 2.33 bits per heavy atom. The van der Waals surface area contributed by atoms with Gasteiger partial charge in [-0.3, -0.25) is 15.1 Å². The van der Waals surface area contributed by atoms with E-state index in [0.29, 0.717) is 10.9 Å². The number of nitrogen functional groups attached to an aromatic ring is 1. The molecule has 1 aromatic rings. The lowest BCUT2D eigenvalue weighted by atomic mass is 10.2. The van der Waals surface area contributed by atoms with Crippen molar-refractivity contribution >= 4 is 29.0 Å². The molecule has 0 aliphatic rings. The molecule has 0 spiro atoms. The van der Waals surface area contributed by atoms with Crippen molar-refractivity contribution in [3.8, 4) is 0 Å². The fraction of sp³-hybridized carbons (Fsp3) is 0.583. The SMILES string of the molecule is CSCC(C)N(C)Cc1cc(C(=O)NN)sc1C. The number of hydrogen-bond donors (Lipinski definition) is 2. The molecule has 18 heavy (non-hydrogen) atoms. The highest BCUT2D eigenvalue weighted by molar-refractivity contribution is 7.98. The summed E-state index contributed by atoms with van der Waals surface area (Å²) in [5, 5.41) is 0. The Morgan fingerprint density at radius 1 is 1.67 bits per heavy atom. The van der Waals surface area contributed by atoms with Crippen molar-refractivity contribution in [3.63, 3.8) is 0 Å². The van der Waals surface area contributed by atoms with Gasteiger partial charge < -0.3 is 0 Å². The Hall–Kier alpha value is -0.560. The van der Waals surface area contributed by atoms with Gasteiger partial charge in [0.25, 0.3) is 5.91 Å². The van der Waals surface area contributed by atoms with Crippen molar-refractivity contribution in [1.82, 2.24) is 10.3 Å². The van der Waals surface area contributed by atoms with Gasteiger partial charge in [-0.25, -0.2) is 5.84 Å². The number of rotatable bonds is 6. The van der Waals surface area contributed by atoms with Crippen LogP contribution in [-0.2, 0) is 6.54 Å². The molecule has 0 fully saturated rings. The molecule has 1 amide bonds. The summed E-state index contributed by atoms with van der Waals surface area (Å²) in [6, 6.07) is 2.45. The minimum absolute atomic E-state index is 0.214. The largest absolute Gasteiger partial charge is 0.299 e. The van der Waals surface area contributed by atoms with Crippen LogP contribution in [0.25, 0.3) is 0 Å². The van der Waals surface area contributed by atoms with Crippen molar-refractivity contribution in [2.24, 2.45) is 5.84 Å². The summed E-state index contributed by atoms with van der Waals surface area (Å²) in [7, 11) is 2.11. The molecule has 0 saturated heterocycles. The summed E-state index contributed by atoms with van der Waals surface area (Å²) in [6.07, 6.45) is 2.11. The second-order valence-corrected chi connectivity index (χ2v) is 6.55. The van der Waals surface area contributed by atoms with Gasteiger partial charge in [-0.05, 0) is 38.8 Å². The molecular formula is C12H21N3OS2. The first kappa shape index (κ1) is 15.5. The van der Waals surface area contributed by atoms with E-state index in [1.165, 1.54) is 21.8 Å². The molecule has 0 aromatic carbocycles. The summed E-state index contributed by atoms with van der Waals surface area (Å²) in [5.41, 5.74) is 3.38. The number of nitrogens with one attached hydrogen (secondary N) is 1. The highest BCUT2D eigenvalue weighted by Gasteiger charge is 2.15. The van der Waals surface area contributed by atoms with Gasteiger partial charge in [0, 0.05) is 23.2 Å². The summed E-state index contributed by atoms with van der Waals surface area (Å²) < 4.78 is 0. The van der Waals surface area contributed by atoms with Gasteiger partial charge in [-0.2, -0.15) is 11.8 Å². The van der Waals surface area contributed by atoms with Crippen LogP contribution in [-0.4, -0.2) is 35.9 Å². The molecule has 0 bridgehead atoms. The van der Waals surface area contributed by atoms with Crippen molar-refractivity contribution < 1.29 is 4.79 Å². The smallest absolute Gasteiger partial charge is 0.275 e. The Labute approximate surface area is 117 Å². The van der Waals surface area contributed by atoms with E-state index in [1.54, 1.807) is 0 Å². The van der Waals surface area contributed by atoms with Gasteiger partial charge in [0.05, 0.1) is 4.88 Å². The Balaban J connectivity index is 2.72. The third kappa shape index (κ3) is 3.98. The Bertz CT molecular complexity index is 406. The Kier molecular flexibility index (Phi) is 6.14. The third-order valence-electron chi connectivity index (χ3n) is 2.96. The third-order valence-corrected chi connectivity index (χ3v) is 4.86. The first-order valence-electron chi connectivity index (χ1n) is 5.79. The average molecular weight is 287 g/mol. The van der Waals surface area contributed by atoms with Crippen molar-refractivity contribution in [2.75, 3.05) is 19.1 Å². The van der Waals surface area contributed by atoms with E-state index in [1.807, 2.05) is 24.8 Å². The average Bonchev–Trinajstić information content (AvgIpc) is 2.70. The lowest BCUT2D eigenvalue weighted by Gasteiger charge is -2.23. The van der Waals surface area contributed by atoms with Crippen LogP contribution in [0.15, 0.2) is 6.07 Å². The zero-order valence-corrected chi connectivity index (χ0v) is 13.0. The molecule has 0 aliphatic heterocycles. The van der Waals surface area contributed by atoms with E-state index >= 15 is 0 Å². The van der Waals surface area contributed by atoms with Gasteiger partial charge in [-0.15, -0.1) is 11.3 Å². The number of amides is 1. The summed E-state index contributed by atoms with van der Waals surface area (Å²) >= 11 is 3.34. The molecule has 4 nitrogen and oxygen atoms in total. The van der Waals surface area contributed by atoms with Crippen LogP contribution in [0.1, 0.15) is 27.0 Å². The van der Waals surface area contributed by atoms with Crippen LogP contribution in [0.4, 0.5) is 0 Å². The molecule has 1 rings (SSSR count). The maximum absolute atomic E-state index is 11.5. The number of nitrogens with zero attached hydrogens (tertiary/aromatic N) is 1. The number of nitrogens with two attached hydrogens (primary N) is 1. The molecule has 3 N–H and O–H groups in total. The highest BCUT2D eigenvalue weighted by Crippen LogP contribution is 2.23. The van der Waals surface area contributed by atoms with E-state index in [-0.39, 0.29) is 5.91 Å². The normalized spacial score (nSPS) is 12.8. The van der Waals surface area contributed by atoms with E-state index in [2.05, 4.69) is 30.6 Å². The molecule has 0 radical (unpaired) electrons. The van der Waals surface area contributed by atoms with Crippen LogP contribution in [0.5, 0.6) is 0 Å². The van der Waals surface area contributed by atoms with Crippen LogP contribution >= 0.6 is 23.1 Å². The van der Waals surface area contributed by atoms with Gasteiger partial charge in [-0.1, -0.05) is 0 Å². The minimum Gasteiger partial charge on any atom is -0.299 e. The molecule has 6 heteroatoms. The zero-order chi connectivity index (χ0) is 13.7. The fourth-order valence-corrected chi connectivity index (χ4v) is 3.33. The number of aryl methyl sites for hydroxylation is 1. The van der Waals surface area contributed by atoms with Crippen LogP contribution < -0.4 is 11.3 Å². The van der Waals surface area contributed by atoms with E-state index in [9.17, 15) is 4.79 Å². The number of thiophene rings is 1. The molecular weight excluding hydrogens is 266 g/mol. The molecule has 0 saturated carbocycles. The molecule has 0 aliphatic carbocycles. The van der Waals surface area contributed by atoms with Gasteiger partial charge in [0.1, 0.15) is 0 Å². The van der Waals surface area contributed by atoms with Gasteiger partial charge in [0.15, 0.2) is 0 Å². The molecule has 1 heterocycles. The topological polar surface area (TPSA) is 58.4 Å². The van der Waals surface area contributed by atoms with Crippen LogP contribution in [0.2, 0.25) is 0 Å². The van der Waals surface area contributed by atoms with Crippen LogP contribution in [0.3, 0.4) is 0 Å². The summed E-state index contributed by atoms with van der Waals surface area (Å²) in [5.74, 6) is 6.04. The number of carbonyl (C=O) groups excluding carboxylic acids is 1. The second kappa shape index (κ2) is 7.13. The number of thioether (sulfide) groups is 1. The molecule has 102 valence electrons. The lowest BCUT2D eigenvalue weighted by Crippen LogP contribution is -2.30. The maximum atomic E-state index is 11.5. The standard InChI is InChI=1S/C12H21N3OS2/c1-8(7-17-4)15(3)6-10-5-11(12(16)14-13)18-9(10)2/h5,8H,6-7,13H2,1-4H3,(H,14,16). The predicted octanol–water partition coefficient (Wildman–Crippen LogP) is 1.84. The molecule has 1 aromatic heterocycles. The maximum Gasteiger partial charge on any atom is 0.275 e. The number of hydrazine groups is 1. The highest BCUT2D eigenvalue weighted by atomic mass is 32.2. The summed E-state index contributed by atoms with van der Waals surface area (Å²) in [4.78, 5) is 15.6. The lowest BCUT2D eigenvalue weighted by molar-refractivity contribution is 0.0957.